The number of benzene rings is 1. The first-order chi connectivity index (χ1) is 8.15. The topological polar surface area (TPSA) is 32.3 Å². The smallest absolute Gasteiger partial charge is 0.123 e. The zero-order chi connectivity index (χ0) is 12.7. The van der Waals surface area contributed by atoms with Crippen LogP contribution in [0.4, 0.5) is 10.1 Å². The Morgan fingerprint density at radius 1 is 1.24 bits per heavy atom. The molecule has 96 valence electrons. The molecule has 3 heteroatoms. The lowest BCUT2D eigenvalue weighted by Crippen LogP contribution is -2.41. The van der Waals surface area contributed by atoms with E-state index in [0.717, 1.165) is 31.4 Å². The molecule has 0 heterocycles. The normalized spacial score (nSPS) is 14.4. The van der Waals surface area contributed by atoms with Crippen LogP contribution in [0.2, 0.25) is 0 Å². The maximum Gasteiger partial charge on any atom is 0.123 e. The second-order valence-electron chi connectivity index (χ2n) is 4.53. The highest BCUT2D eigenvalue weighted by Gasteiger charge is 2.26. The van der Waals surface area contributed by atoms with Crippen LogP contribution in [0.3, 0.4) is 0 Å². The van der Waals surface area contributed by atoms with E-state index in [1.807, 2.05) is 0 Å². The second kappa shape index (κ2) is 6.60. The molecule has 1 atom stereocenters. The van der Waals surface area contributed by atoms with Gasteiger partial charge in [0.2, 0.25) is 0 Å². The Kier molecular flexibility index (Phi) is 5.42. The summed E-state index contributed by atoms with van der Waals surface area (Å²) in [5.74, 6) is -0.241. The number of aliphatic hydroxyl groups excluding tert-OH is 1. The molecule has 0 aromatic heterocycles. The van der Waals surface area contributed by atoms with Gasteiger partial charge in [0.1, 0.15) is 5.82 Å². The fourth-order valence-corrected chi connectivity index (χ4v) is 1.91. The first-order valence-electron chi connectivity index (χ1n) is 6.30. The maximum absolute atomic E-state index is 12.8. The summed E-state index contributed by atoms with van der Waals surface area (Å²) < 4.78 is 12.8. The molecule has 0 fully saturated rings. The molecule has 0 amide bonds. The van der Waals surface area contributed by atoms with Crippen LogP contribution in [0.15, 0.2) is 24.3 Å². The molecule has 2 nitrogen and oxygen atoms in total. The average molecular weight is 239 g/mol. The molecule has 0 aliphatic heterocycles. The summed E-state index contributed by atoms with van der Waals surface area (Å²) in [6, 6.07) is 6.28. The van der Waals surface area contributed by atoms with Crippen LogP contribution in [0, 0.1) is 5.82 Å². The largest absolute Gasteiger partial charge is 0.394 e. The Bertz CT molecular complexity index is 319. The highest BCUT2D eigenvalue weighted by Crippen LogP contribution is 2.24. The van der Waals surface area contributed by atoms with Crippen molar-refractivity contribution in [2.45, 2.75) is 45.1 Å². The van der Waals surface area contributed by atoms with Crippen molar-refractivity contribution in [3.8, 4) is 0 Å². The first kappa shape index (κ1) is 14.0. The minimum atomic E-state index is -0.284. The summed E-state index contributed by atoms with van der Waals surface area (Å²) >= 11 is 0. The predicted octanol–water partition coefficient (Wildman–Crippen LogP) is 3.57. The molecule has 0 aliphatic rings. The van der Waals surface area contributed by atoms with Gasteiger partial charge in [-0.1, -0.05) is 26.7 Å². The van der Waals surface area contributed by atoms with Crippen LogP contribution in [-0.4, -0.2) is 17.3 Å². The van der Waals surface area contributed by atoms with E-state index in [4.69, 9.17) is 0 Å². The third kappa shape index (κ3) is 4.00. The molecule has 1 aromatic carbocycles. The molecule has 1 unspecified atom stereocenters. The molecule has 0 saturated carbocycles. The van der Waals surface area contributed by atoms with E-state index in [1.54, 1.807) is 12.1 Å². The van der Waals surface area contributed by atoms with Crippen molar-refractivity contribution in [3.63, 3.8) is 0 Å². The monoisotopic (exact) mass is 239 g/mol. The van der Waals surface area contributed by atoms with Gasteiger partial charge in [0, 0.05) is 5.69 Å². The minimum Gasteiger partial charge on any atom is -0.394 e. The van der Waals surface area contributed by atoms with Gasteiger partial charge in [0.15, 0.2) is 0 Å². The molecule has 0 spiro atoms. The molecule has 0 bridgehead atoms. The second-order valence-corrected chi connectivity index (χ2v) is 4.53. The van der Waals surface area contributed by atoms with Crippen LogP contribution in [0.1, 0.15) is 39.5 Å². The molecule has 1 aromatic rings. The molecule has 0 radical (unpaired) electrons. The fraction of sp³-hybridized carbons (Fsp3) is 0.571. The van der Waals surface area contributed by atoms with Gasteiger partial charge in [-0.05, 0) is 37.1 Å². The molecule has 0 aliphatic carbocycles. The Labute approximate surface area is 103 Å². The zero-order valence-electron chi connectivity index (χ0n) is 10.7. The van der Waals surface area contributed by atoms with Crippen LogP contribution in [-0.2, 0) is 0 Å². The number of anilines is 1. The molecular formula is C14H22FNO. The van der Waals surface area contributed by atoms with Crippen molar-refractivity contribution in [2.75, 3.05) is 11.9 Å². The van der Waals surface area contributed by atoms with Crippen molar-refractivity contribution in [2.24, 2.45) is 0 Å². The Morgan fingerprint density at radius 2 is 1.88 bits per heavy atom. The van der Waals surface area contributed by atoms with Gasteiger partial charge in [-0.3, -0.25) is 0 Å². The van der Waals surface area contributed by atoms with E-state index in [2.05, 4.69) is 19.2 Å². The van der Waals surface area contributed by atoms with E-state index in [1.165, 1.54) is 12.1 Å². The van der Waals surface area contributed by atoms with E-state index >= 15 is 0 Å². The number of rotatable bonds is 7. The van der Waals surface area contributed by atoms with Crippen molar-refractivity contribution < 1.29 is 9.50 Å². The van der Waals surface area contributed by atoms with Crippen molar-refractivity contribution in [1.29, 1.82) is 0 Å². The standard InChI is InChI=1S/C14H22FNO/c1-3-5-10-14(4-2,11-17)16-13-8-6-12(15)7-9-13/h6-9,16-17H,3-5,10-11H2,1-2H3. The highest BCUT2D eigenvalue weighted by atomic mass is 19.1. The number of halogens is 1. The lowest BCUT2D eigenvalue weighted by molar-refractivity contribution is 0.195. The summed E-state index contributed by atoms with van der Waals surface area (Å²) in [6.07, 6.45) is 3.95. The number of nitrogens with one attached hydrogen (secondary N) is 1. The van der Waals surface area contributed by atoms with Crippen molar-refractivity contribution in [1.82, 2.24) is 0 Å². The van der Waals surface area contributed by atoms with Gasteiger partial charge in [0.05, 0.1) is 12.1 Å². The average Bonchev–Trinajstić information content (AvgIpc) is 2.37. The fourth-order valence-electron chi connectivity index (χ4n) is 1.91. The highest BCUT2D eigenvalue weighted by molar-refractivity contribution is 5.45. The van der Waals surface area contributed by atoms with Gasteiger partial charge in [-0.25, -0.2) is 4.39 Å². The number of hydrogen-bond donors (Lipinski definition) is 2. The lowest BCUT2D eigenvalue weighted by atomic mass is 9.90. The van der Waals surface area contributed by atoms with Crippen LogP contribution >= 0.6 is 0 Å². The molecule has 1 rings (SSSR count). The van der Waals surface area contributed by atoms with Gasteiger partial charge < -0.3 is 10.4 Å². The number of unbranched alkanes of at least 4 members (excludes halogenated alkanes) is 1. The zero-order valence-corrected chi connectivity index (χ0v) is 10.7. The van der Waals surface area contributed by atoms with Crippen molar-refractivity contribution in [3.05, 3.63) is 30.1 Å². The molecule has 2 N–H and O–H groups in total. The number of hydrogen-bond acceptors (Lipinski definition) is 2. The third-order valence-corrected chi connectivity index (χ3v) is 3.24. The summed E-state index contributed by atoms with van der Waals surface area (Å²) in [5, 5.41) is 12.9. The van der Waals surface area contributed by atoms with Crippen LogP contribution in [0.5, 0.6) is 0 Å². The molecule has 17 heavy (non-hydrogen) atoms. The molecule has 0 saturated heterocycles. The quantitative estimate of drug-likeness (QED) is 0.762. The van der Waals surface area contributed by atoms with Crippen LogP contribution < -0.4 is 5.32 Å². The first-order valence-corrected chi connectivity index (χ1v) is 6.30. The maximum atomic E-state index is 12.8. The van der Waals surface area contributed by atoms with E-state index < -0.39 is 0 Å². The van der Waals surface area contributed by atoms with Crippen molar-refractivity contribution >= 4 is 5.69 Å². The SMILES string of the molecule is CCCCC(CC)(CO)Nc1ccc(F)cc1. The summed E-state index contributed by atoms with van der Waals surface area (Å²) in [5.41, 5.74) is 0.576. The third-order valence-electron chi connectivity index (χ3n) is 3.24. The van der Waals surface area contributed by atoms with E-state index in [0.29, 0.717) is 0 Å². The van der Waals surface area contributed by atoms with Gasteiger partial charge in [0.25, 0.3) is 0 Å². The van der Waals surface area contributed by atoms with Gasteiger partial charge in [-0.2, -0.15) is 0 Å². The minimum absolute atomic E-state index is 0.0981. The Hall–Kier alpha value is -1.09. The lowest BCUT2D eigenvalue weighted by Gasteiger charge is -2.33. The van der Waals surface area contributed by atoms with E-state index in [-0.39, 0.29) is 18.0 Å². The Balaban J connectivity index is 2.74. The van der Waals surface area contributed by atoms with Gasteiger partial charge >= 0.3 is 0 Å². The summed E-state index contributed by atoms with van der Waals surface area (Å²) in [4.78, 5) is 0. The predicted molar refractivity (Wildman–Crippen MR) is 69.7 cm³/mol. The summed E-state index contributed by atoms with van der Waals surface area (Å²) in [7, 11) is 0. The van der Waals surface area contributed by atoms with E-state index in [9.17, 15) is 9.50 Å². The summed E-state index contributed by atoms with van der Waals surface area (Å²) in [6.45, 7) is 4.29. The number of aliphatic hydroxyl groups is 1. The Morgan fingerprint density at radius 3 is 2.35 bits per heavy atom. The van der Waals surface area contributed by atoms with Crippen LogP contribution in [0.25, 0.3) is 0 Å². The van der Waals surface area contributed by atoms with Gasteiger partial charge in [-0.15, -0.1) is 0 Å². The molecular weight excluding hydrogens is 217 g/mol.